The van der Waals surface area contributed by atoms with Gasteiger partial charge in [-0.1, -0.05) is 27.2 Å². The number of hydrogen-bond donors (Lipinski definition) is 0. The molecule has 2 fully saturated rings. The van der Waals surface area contributed by atoms with Crippen LogP contribution in [0.15, 0.2) is 0 Å². The molecule has 0 amide bonds. The van der Waals surface area contributed by atoms with E-state index in [4.69, 9.17) is 9.47 Å². The summed E-state index contributed by atoms with van der Waals surface area (Å²) in [5, 5.41) is 0. The van der Waals surface area contributed by atoms with Crippen molar-refractivity contribution in [1.29, 1.82) is 0 Å². The highest BCUT2D eigenvalue weighted by Crippen LogP contribution is 2.45. The molecule has 184 valence electrons. The van der Waals surface area contributed by atoms with Gasteiger partial charge >= 0.3 is 30.3 Å². The van der Waals surface area contributed by atoms with Gasteiger partial charge in [0.25, 0.3) is 6.10 Å². The number of alkyl halides is 6. The van der Waals surface area contributed by atoms with Crippen LogP contribution in [0.2, 0.25) is 0 Å². The molecule has 0 spiro atoms. The van der Waals surface area contributed by atoms with Crippen LogP contribution in [-0.2, 0) is 28.6 Å². The summed E-state index contributed by atoms with van der Waals surface area (Å²) >= 11 is 0. The predicted molar refractivity (Wildman–Crippen MR) is 95.8 cm³/mol. The second-order valence-corrected chi connectivity index (χ2v) is 8.84. The van der Waals surface area contributed by atoms with Crippen LogP contribution < -0.4 is 0 Å². The SMILES string of the molecule is CCCC(C)(C(=O)OC1CC2OC(=O)C(C(=O)OC(C(F)(F)F)C(F)(F)F)C2C1)C(C)C. The van der Waals surface area contributed by atoms with Gasteiger partial charge in [-0.2, -0.15) is 26.3 Å². The average molecular weight is 476 g/mol. The molecule has 1 heterocycles. The third-order valence-electron chi connectivity index (χ3n) is 6.32. The number of halogens is 6. The van der Waals surface area contributed by atoms with Crippen molar-refractivity contribution in [1.82, 2.24) is 0 Å². The zero-order valence-corrected chi connectivity index (χ0v) is 18.0. The molecule has 1 saturated heterocycles. The first-order valence-electron chi connectivity index (χ1n) is 10.3. The van der Waals surface area contributed by atoms with Gasteiger partial charge in [0.15, 0.2) is 5.92 Å². The minimum atomic E-state index is -5.90. The van der Waals surface area contributed by atoms with Crippen molar-refractivity contribution in [3.05, 3.63) is 0 Å². The molecule has 0 N–H and O–H groups in total. The molecule has 0 aromatic rings. The average Bonchev–Trinajstić information content (AvgIpc) is 3.12. The van der Waals surface area contributed by atoms with Crippen molar-refractivity contribution in [3.63, 3.8) is 0 Å². The highest BCUT2D eigenvalue weighted by molar-refractivity contribution is 5.97. The van der Waals surface area contributed by atoms with E-state index in [1.165, 1.54) is 0 Å². The zero-order chi connectivity index (χ0) is 24.6. The van der Waals surface area contributed by atoms with Crippen LogP contribution in [0.1, 0.15) is 53.4 Å². The Hall–Kier alpha value is -2.01. The van der Waals surface area contributed by atoms with E-state index in [-0.39, 0.29) is 18.8 Å². The van der Waals surface area contributed by atoms with Crippen molar-refractivity contribution in [2.75, 3.05) is 0 Å². The molecule has 0 aromatic carbocycles. The molecule has 0 bridgehead atoms. The highest BCUT2D eigenvalue weighted by atomic mass is 19.4. The normalized spacial score (nSPS) is 27.8. The van der Waals surface area contributed by atoms with Crippen LogP contribution in [0.4, 0.5) is 26.3 Å². The van der Waals surface area contributed by atoms with Gasteiger partial charge in [-0.3, -0.25) is 14.4 Å². The smallest absolute Gasteiger partial charge is 0.434 e. The Morgan fingerprint density at radius 3 is 2.12 bits per heavy atom. The summed E-state index contributed by atoms with van der Waals surface area (Å²) in [7, 11) is 0. The molecule has 2 aliphatic rings. The first kappa shape index (κ1) is 26.2. The van der Waals surface area contributed by atoms with Crippen LogP contribution in [0.25, 0.3) is 0 Å². The van der Waals surface area contributed by atoms with Crippen LogP contribution in [0, 0.1) is 23.2 Å². The second-order valence-electron chi connectivity index (χ2n) is 8.84. The maximum absolute atomic E-state index is 12.7. The number of rotatable bonds is 7. The molecule has 2 rings (SSSR count). The van der Waals surface area contributed by atoms with Crippen LogP contribution in [0.5, 0.6) is 0 Å². The van der Waals surface area contributed by atoms with E-state index >= 15 is 0 Å². The van der Waals surface area contributed by atoms with E-state index in [2.05, 4.69) is 4.74 Å². The maximum Gasteiger partial charge on any atom is 0.434 e. The fraction of sp³-hybridized carbons (Fsp3) is 0.850. The number of esters is 3. The first-order chi connectivity index (χ1) is 14.5. The molecule has 0 aromatic heterocycles. The minimum absolute atomic E-state index is 0.00576. The van der Waals surface area contributed by atoms with E-state index in [1.54, 1.807) is 6.92 Å². The maximum atomic E-state index is 12.7. The summed E-state index contributed by atoms with van der Waals surface area (Å²) in [5.41, 5.74) is -0.798. The molecular formula is C20H26F6O6. The highest BCUT2D eigenvalue weighted by Gasteiger charge is 2.62. The molecule has 32 heavy (non-hydrogen) atoms. The lowest BCUT2D eigenvalue weighted by atomic mass is 9.75. The fourth-order valence-electron chi connectivity index (χ4n) is 4.18. The predicted octanol–water partition coefficient (Wildman–Crippen LogP) is 4.35. The van der Waals surface area contributed by atoms with Gasteiger partial charge in [0, 0.05) is 12.3 Å². The summed E-state index contributed by atoms with van der Waals surface area (Å²) in [6.07, 6.45) is -16.8. The summed E-state index contributed by atoms with van der Waals surface area (Å²) in [4.78, 5) is 36.9. The van der Waals surface area contributed by atoms with E-state index < -0.39 is 65.8 Å². The van der Waals surface area contributed by atoms with Crippen molar-refractivity contribution >= 4 is 17.9 Å². The number of fused-ring (bicyclic) bond motifs is 1. The monoisotopic (exact) mass is 476 g/mol. The fourth-order valence-corrected chi connectivity index (χ4v) is 4.18. The van der Waals surface area contributed by atoms with Crippen molar-refractivity contribution < 1.29 is 54.9 Å². The molecule has 1 aliphatic carbocycles. The lowest BCUT2D eigenvalue weighted by Crippen LogP contribution is -2.47. The molecular weight excluding hydrogens is 450 g/mol. The Balaban J connectivity index is 2.11. The third-order valence-corrected chi connectivity index (χ3v) is 6.32. The quantitative estimate of drug-likeness (QED) is 0.235. The van der Waals surface area contributed by atoms with Crippen molar-refractivity contribution in [2.24, 2.45) is 23.2 Å². The summed E-state index contributed by atoms with van der Waals surface area (Å²) < 4.78 is 90.4. The zero-order valence-electron chi connectivity index (χ0n) is 18.0. The topological polar surface area (TPSA) is 78.9 Å². The Morgan fingerprint density at radius 1 is 1.09 bits per heavy atom. The van der Waals surface area contributed by atoms with Crippen molar-refractivity contribution in [3.8, 4) is 0 Å². The van der Waals surface area contributed by atoms with Gasteiger partial charge in [0.1, 0.15) is 12.2 Å². The first-order valence-corrected chi connectivity index (χ1v) is 10.3. The van der Waals surface area contributed by atoms with Crippen molar-refractivity contribution in [2.45, 2.75) is 84.0 Å². The number of carbonyl (C=O) groups excluding carboxylic acids is 3. The Labute approximate surface area is 180 Å². The van der Waals surface area contributed by atoms with Gasteiger partial charge in [-0.25, -0.2) is 0 Å². The molecule has 12 heteroatoms. The van der Waals surface area contributed by atoms with E-state index in [0.717, 1.165) is 0 Å². The van der Waals surface area contributed by atoms with Crippen LogP contribution in [0.3, 0.4) is 0 Å². The summed E-state index contributed by atoms with van der Waals surface area (Å²) in [6.45, 7) is 7.35. The van der Waals surface area contributed by atoms with Gasteiger partial charge in [0.05, 0.1) is 5.41 Å². The minimum Gasteiger partial charge on any atom is -0.462 e. The lowest BCUT2D eigenvalue weighted by molar-refractivity contribution is -0.314. The molecule has 1 saturated carbocycles. The Morgan fingerprint density at radius 2 is 1.66 bits per heavy atom. The third kappa shape index (κ3) is 5.31. The molecule has 6 nitrogen and oxygen atoms in total. The molecule has 0 radical (unpaired) electrons. The van der Waals surface area contributed by atoms with E-state index in [0.29, 0.717) is 12.8 Å². The van der Waals surface area contributed by atoms with Gasteiger partial charge in [-0.05, 0) is 25.7 Å². The van der Waals surface area contributed by atoms with Gasteiger partial charge in [0.2, 0.25) is 0 Å². The van der Waals surface area contributed by atoms with Gasteiger partial charge < -0.3 is 14.2 Å². The van der Waals surface area contributed by atoms with Gasteiger partial charge in [-0.15, -0.1) is 0 Å². The Bertz CT molecular complexity index is 719. The summed E-state index contributed by atoms with van der Waals surface area (Å²) in [6, 6.07) is 0. The van der Waals surface area contributed by atoms with Crippen LogP contribution in [-0.4, -0.2) is 48.6 Å². The molecule has 5 unspecified atom stereocenters. The largest absolute Gasteiger partial charge is 0.462 e. The standard InChI is InChI=1S/C20H26F6O6/c1-5-6-18(4,9(2)3)17(29)30-10-7-11-12(8-10)31-14(27)13(11)15(28)32-16(19(21,22)23)20(24,25)26/h9-13,16H,5-8H2,1-4H3. The summed E-state index contributed by atoms with van der Waals surface area (Å²) in [5.74, 6) is -6.78. The Kier molecular flexibility index (Phi) is 7.45. The second kappa shape index (κ2) is 9.09. The van der Waals surface area contributed by atoms with E-state index in [1.807, 2.05) is 20.8 Å². The number of ether oxygens (including phenoxy) is 3. The lowest BCUT2D eigenvalue weighted by Gasteiger charge is -2.32. The molecule has 5 atom stereocenters. The van der Waals surface area contributed by atoms with Crippen LogP contribution >= 0.6 is 0 Å². The number of hydrogen-bond acceptors (Lipinski definition) is 6. The van der Waals surface area contributed by atoms with E-state index in [9.17, 15) is 40.7 Å². The molecule has 1 aliphatic heterocycles. The number of carbonyl (C=O) groups is 3.